The number of benzene rings is 1. The molecule has 2 rings (SSSR count). The Balaban J connectivity index is 2.51. The van der Waals surface area contributed by atoms with Crippen molar-refractivity contribution in [1.29, 1.82) is 0 Å². The van der Waals surface area contributed by atoms with E-state index < -0.39 is 23.3 Å². The van der Waals surface area contributed by atoms with Crippen molar-refractivity contribution in [2.24, 2.45) is 0 Å². The van der Waals surface area contributed by atoms with E-state index in [0.717, 1.165) is 12.1 Å². The minimum atomic E-state index is -1.49. The van der Waals surface area contributed by atoms with Crippen LogP contribution in [0.5, 0.6) is 0 Å². The van der Waals surface area contributed by atoms with Crippen LogP contribution in [0.3, 0.4) is 0 Å². The van der Waals surface area contributed by atoms with Crippen molar-refractivity contribution < 1.29 is 18.3 Å². The molecule has 6 heteroatoms. The molecule has 17 heavy (non-hydrogen) atoms. The van der Waals surface area contributed by atoms with Crippen molar-refractivity contribution in [3.63, 3.8) is 0 Å². The van der Waals surface area contributed by atoms with Gasteiger partial charge in [-0.3, -0.25) is 0 Å². The number of aliphatic hydroxyl groups is 1. The first-order chi connectivity index (χ1) is 8.00. The Hall–Kier alpha value is -0.720. The fourth-order valence-corrected chi connectivity index (χ4v) is 2.27. The summed E-state index contributed by atoms with van der Waals surface area (Å²) in [7, 11) is 0. The van der Waals surface area contributed by atoms with Gasteiger partial charge in [0.1, 0.15) is 17.7 Å². The summed E-state index contributed by atoms with van der Waals surface area (Å²) >= 11 is 6.08. The molecule has 0 aliphatic carbocycles. The Kier molecular flexibility index (Phi) is 3.65. The average Bonchev–Trinajstić information content (AvgIpc) is 2.62. The Morgan fingerprint density at radius 3 is 2.24 bits per heavy atom. The van der Waals surface area contributed by atoms with Crippen molar-refractivity contribution in [3.8, 4) is 0 Å². The third-order valence-electron chi connectivity index (χ3n) is 2.21. The van der Waals surface area contributed by atoms with Gasteiger partial charge in [0.25, 0.3) is 0 Å². The van der Waals surface area contributed by atoms with Gasteiger partial charge in [-0.1, -0.05) is 15.9 Å². The first-order valence-corrected chi connectivity index (χ1v) is 6.14. The van der Waals surface area contributed by atoms with E-state index in [4.69, 9.17) is 4.42 Å². The molecular weight excluding hydrogens is 362 g/mol. The van der Waals surface area contributed by atoms with Crippen LogP contribution in [0, 0.1) is 11.6 Å². The number of aliphatic hydroxyl groups excluding tert-OH is 1. The SMILES string of the molecule is OC(c1occc1Br)c1c(F)cc(Br)cc1F. The zero-order valence-corrected chi connectivity index (χ0v) is 11.4. The maximum absolute atomic E-state index is 13.6. The van der Waals surface area contributed by atoms with E-state index in [1.54, 1.807) is 0 Å². The molecule has 0 aliphatic heterocycles. The van der Waals surface area contributed by atoms with Gasteiger partial charge < -0.3 is 9.52 Å². The molecule has 90 valence electrons. The van der Waals surface area contributed by atoms with E-state index in [1.165, 1.54) is 12.3 Å². The van der Waals surface area contributed by atoms with Crippen LogP contribution in [0.2, 0.25) is 0 Å². The lowest BCUT2D eigenvalue weighted by molar-refractivity contribution is 0.178. The quantitative estimate of drug-likeness (QED) is 0.864. The Morgan fingerprint density at radius 2 is 1.76 bits per heavy atom. The predicted octanol–water partition coefficient (Wildman–Crippen LogP) is 4.16. The van der Waals surface area contributed by atoms with Crippen molar-refractivity contribution in [2.45, 2.75) is 6.10 Å². The molecule has 1 N–H and O–H groups in total. The fraction of sp³-hybridized carbons (Fsp3) is 0.0909. The third kappa shape index (κ3) is 2.43. The monoisotopic (exact) mass is 366 g/mol. The number of hydrogen-bond acceptors (Lipinski definition) is 2. The van der Waals surface area contributed by atoms with Gasteiger partial charge in [-0.05, 0) is 34.1 Å². The molecule has 1 aromatic carbocycles. The van der Waals surface area contributed by atoms with Crippen LogP contribution in [0.15, 0.2) is 37.8 Å². The molecule has 1 unspecified atom stereocenters. The summed E-state index contributed by atoms with van der Waals surface area (Å²) in [6.45, 7) is 0. The first kappa shape index (κ1) is 12.7. The zero-order chi connectivity index (χ0) is 12.6. The van der Waals surface area contributed by atoms with Crippen LogP contribution in [0.4, 0.5) is 8.78 Å². The lowest BCUT2D eigenvalue weighted by Gasteiger charge is -2.11. The first-order valence-electron chi connectivity index (χ1n) is 4.56. The average molecular weight is 368 g/mol. The highest BCUT2D eigenvalue weighted by molar-refractivity contribution is 9.10. The summed E-state index contributed by atoms with van der Waals surface area (Å²) in [6.07, 6.45) is -0.176. The molecule has 0 saturated carbocycles. The highest BCUT2D eigenvalue weighted by Crippen LogP contribution is 2.33. The van der Waals surface area contributed by atoms with Crippen molar-refractivity contribution in [2.75, 3.05) is 0 Å². The standard InChI is InChI=1S/C11H6Br2F2O2/c12-5-3-7(14)9(8(15)4-5)10(16)11-6(13)1-2-17-11/h1-4,10,16H. The van der Waals surface area contributed by atoms with E-state index in [0.29, 0.717) is 4.47 Å². The largest absolute Gasteiger partial charge is 0.465 e. The van der Waals surface area contributed by atoms with E-state index in [2.05, 4.69) is 31.9 Å². The topological polar surface area (TPSA) is 33.4 Å². The molecule has 0 aliphatic rings. The maximum Gasteiger partial charge on any atom is 0.151 e. The second kappa shape index (κ2) is 4.88. The molecular formula is C11H6Br2F2O2. The molecule has 2 nitrogen and oxygen atoms in total. The highest BCUT2D eigenvalue weighted by Gasteiger charge is 2.24. The van der Waals surface area contributed by atoms with Gasteiger partial charge in [0.2, 0.25) is 0 Å². The van der Waals surface area contributed by atoms with Crippen LogP contribution in [-0.4, -0.2) is 5.11 Å². The van der Waals surface area contributed by atoms with Crippen LogP contribution in [0.1, 0.15) is 17.4 Å². The zero-order valence-electron chi connectivity index (χ0n) is 8.25. The van der Waals surface area contributed by atoms with Gasteiger partial charge in [0.15, 0.2) is 5.76 Å². The normalized spacial score (nSPS) is 12.8. The number of furan rings is 1. The highest BCUT2D eigenvalue weighted by atomic mass is 79.9. The van der Waals surface area contributed by atoms with Crippen molar-refractivity contribution >= 4 is 31.9 Å². The Bertz CT molecular complexity index is 531. The molecule has 0 bridgehead atoms. The van der Waals surface area contributed by atoms with Crippen LogP contribution < -0.4 is 0 Å². The molecule has 0 spiro atoms. The van der Waals surface area contributed by atoms with E-state index >= 15 is 0 Å². The molecule has 1 atom stereocenters. The second-order valence-electron chi connectivity index (χ2n) is 3.32. The van der Waals surface area contributed by atoms with Gasteiger partial charge in [-0.2, -0.15) is 0 Å². The smallest absolute Gasteiger partial charge is 0.151 e. The second-order valence-corrected chi connectivity index (χ2v) is 5.09. The van der Waals surface area contributed by atoms with Gasteiger partial charge in [0, 0.05) is 4.47 Å². The number of rotatable bonds is 2. The molecule has 1 heterocycles. The van der Waals surface area contributed by atoms with Crippen LogP contribution >= 0.6 is 31.9 Å². The van der Waals surface area contributed by atoms with Gasteiger partial charge in [-0.25, -0.2) is 8.78 Å². The van der Waals surface area contributed by atoms with Gasteiger partial charge >= 0.3 is 0 Å². The van der Waals surface area contributed by atoms with Crippen molar-refractivity contribution in [3.05, 3.63) is 56.4 Å². The summed E-state index contributed by atoms with van der Waals surface area (Å²) in [5.74, 6) is -1.62. The third-order valence-corrected chi connectivity index (χ3v) is 3.32. The minimum Gasteiger partial charge on any atom is -0.465 e. The summed E-state index contributed by atoms with van der Waals surface area (Å²) in [6, 6.07) is 3.70. The predicted molar refractivity (Wildman–Crippen MR) is 64.5 cm³/mol. The molecule has 2 aromatic rings. The van der Waals surface area contributed by atoms with Gasteiger partial charge in [-0.15, -0.1) is 0 Å². The molecule has 0 fully saturated rings. The van der Waals surface area contributed by atoms with Gasteiger partial charge in [0.05, 0.1) is 16.3 Å². The lowest BCUT2D eigenvalue weighted by atomic mass is 10.1. The minimum absolute atomic E-state index is 0.0603. The summed E-state index contributed by atoms with van der Waals surface area (Å²) in [5, 5.41) is 9.90. The summed E-state index contributed by atoms with van der Waals surface area (Å²) in [5.41, 5.74) is -0.441. The molecule has 0 radical (unpaired) electrons. The maximum atomic E-state index is 13.6. The summed E-state index contributed by atoms with van der Waals surface area (Å²) < 4.78 is 32.9. The molecule has 0 saturated heterocycles. The van der Waals surface area contributed by atoms with Crippen molar-refractivity contribution in [1.82, 2.24) is 0 Å². The number of halogens is 4. The van der Waals surface area contributed by atoms with Crippen LogP contribution in [-0.2, 0) is 0 Å². The van der Waals surface area contributed by atoms with E-state index in [9.17, 15) is 13.9 Å². The molecule has 0 amide bonds. The number of hydrogen-bond donors (Lipinski definition) is 1. The molecule has 1 aromatic heterocycles. The van der Waals surface area contributed by atoms with E-state index in [1.807, 2.05) is 0 Å². The summed E-state index contributed by atoms with van der Waals surface area (Å²) in [4.78, 5) is 0. The fourth-order valence-electron chi connectivity index (χ4n) is 1.45. The lowest BCUT2D eigenvalue weighted by Crippen LogP contribution is -2.05. The Labute approximate surface area is 113 Å². The van der Waals surface area contributed by atoms with Crippen LogP contribution in [0.25, 0.3) is 0 Å². The van der Waals surface area contributed by atoms with E-state index in [-0.39, 0.29) is 10.2 Å². The Morgan fingerprint density at radius 1 is 1.18 bits per heavy atom.